The molecule has 6 heteroatoms. The fourth-order valence-electron chi connectivity index (χ4n) is 1.41. The van der Waals surface area contributed by atoms with Crippen molar-refractivity contribution >= 4 is 11.8 Å². The molecule has 20 heavy (non-hydrogen) atoms. The summed E-state index contributed by atoms with van der Waals surface area (Å²) in [6.07, 6.45) is -0.718. The Morgan fingerprint density at radius 2 is 2.05 bits per heavy atom. The molecule has 0 aliphatic rings. The van der Waals surface area contributed by atoms with Crippen LogP contribution >= 0.6 is 0 Å². The van der Waals surface area contributed by atoms with Gasteiger partial charge < -0.3 is 9.47 Å². The van der Waals surface area contributed by atoms with E-state index in [9.17, 15) is 9.59 Å². The van der Waals surface area contributed by atoms with Crippen LogP contribution in [0.3, 0.4) is 0 Å². The first-order valence-corrected chi connectivity index (χ1v) is 6.42. The lowest BCUT2D eigenvalue weighted by molar-refractivity contribution is -0.134. The Kier molecular flexibility index (Phi) is 6.52. The number of amides is 2. The van der Waals surface area contributed by atoms with Gasteiger partial charge in [0.25, 0.3) is 11.8 Å². The van der Waals surface area contributed by atoms with Crippen LogP contribution in [-0.2, 0) is 14.3 Å². The predicted molar refractivity (Wildman–Crippen MR) is 74.0 cm³/mol. The minimum absolute atomic E-state index is 0.0934. The molecule has 0 saturated heterocycles. The highest BCUT2D eigenvalue weighted by atomic mass is 16.5. The third kappa shape index (κ3) is 5.71. The molecule has 6 nitrogen and oxygen atoms in total. The SMILES string of the molecule is CCOCC(=O)NNC(=O)C(C)Oc1cccc(C)c1. The zero-order chi connectivity index (χ0) is 15.0. The molecular weight excluding hydrogens is 260 g/mol. The highest BCUT2D eigenvalue weighted by Gasteiger charge is 2.15. The highest BCUT2D eigenvalue weighted by Crippen LogP contribution is 2.13. The van der Waals surface area contributed by atoms with Gasteiger partial charge >= 0.3 is 0 Å². The van der Waals surface area contributed by atoms with E-state index in [2.05, 4.69) is 10.9 Å². The van der Waals surface area contributed by atoms with Gasteiger partial charge in [-0.3, -0.25) is 20.4 Å². The van der Waals surface area contributed by atoms with Gasteiger partial charge in [0, 0.05) is 6.61 Å². The Hall–Kier alpha value is -2.08. The molecule has 0 aliphatic heterocycles. The highest BCUT2D eigenvalue weighted by molar-refractivity contribution is 5.85. The van der Waals surface area contributed by atoms with Crippen molar-refractivity contribution in [1.82, 2.24) is 10.9 Å². The summed E-state index contributed by atoms with van der Waals surface area (Å²) < 4.78 is 10.4. The van der Waals surface area contributed by atoms with Crippen LogP contribution in [0.1, 0.15) is 19.4 Å². The third-order valence-electron chi connectivity index (χ3n) is 2.43. The van der Waals surface area contributed by atoms with Crippen LogP contribution in [0.5, 0.6) is 5.75 Å². The van der Waals surface area contributed by atoms with E-state index in [0.717, 1.165) is 5.56 Å². The van der Waals surface area contributed by atoms with Gasteiger partial charge in [0.2, 0.25) is 0 Å². The molecule has 1 aromatic carbocycles. The van der Waals surface area contributed by atoms with E-state index in [1.54, 1.807) is 19.9 Å². The summed E-state index contributed by atoms with van der Waals surface area (Å²) in [4.78, 5) is 23.0. The Morgan fingerprint density at radius 1 is 1.30 bits per heavy atom. The van der Waals surface area contributed by atoms with Crippen molar-refractivity contribution in [2.75, 3.05) is 13.2 Å². The number of nitrogens with one attached hydrogen (secondary N) is 2. The smallest absolute Gasteiger partial charge is 0.279 e. The van der Waals surface area contributed by atoms with E-state index >= 15 is 0 Å². The molecule has 0 saturated carbocycles. The van der Waals surface area contributed by atoms with Crippen molar-refractivity contribution in [3.8, 4) is 5.75 Å². The molecule has 0 bridgehead atoms. The molecule has 1 atom stereocenters. The standard InChI is InChI=1S/C14H20N2O4/c1-4-19-9-13(17)15-16-14(18)11(3)20-12-7-5-6-10(2)8-12/h5-8,11H,4,9H2,1-3H3,(H,15,17)(H,16,18). The van der Waals surface area contributed by atoms with E-state index in [-0.39, 0.29) is 6.61 Å². The van der Waals surface area contributed by atoms with Gasteiger partial charge in [0.05, 0.1) is 0 Å². The first-order valence-electron chi connectivity index (χ1n) is 6.42. The Morgan fingerprint density at radius 3 is 2.70 bits per heavy atom. The number of carbonyl (C=O) groups is 2. The quantitative estimate of drug-likeness (QED) is 0.761. The number of aryl methyl sites for hydroxylation is 1. The largest absolute Gasteiger partial charge is 0.481 e. The molecule has 110 valence electrons. The Labute approximate surface area is 118 Å². The van der Waals surface area contributed by atoms with Crippen LogP contribution in [0.15, 0.2) is 24.3 Å². The molecule has 1 aromatic rings. The number of benzene rings is 1. The first kappa shape index (κ1) is 16.0. The van der Waals surface area contributed by atoms with Crippen molar-refractivity contribution in [2.24, 2.45) is 0 Å². The summed E-state index contributed by atoms with van der Waals surface area (Å²) in [5.74, 6) is -0.243. The molecule has 0 spiro atoms. The fourth-order valence-corrected chi connectivity index (χ4v) is 1.41. The average molecular weight is 280 g/mol. The number of ether oxygens (including phenoxy) is 2. The predicted octanol–water partition coefficient (Wildman–Crippen LogP) is 0.946. The van der Waals surface area contributed by atoms with Crippen molar-refractivity contribution in [2.45, 2.75) is 26.9 Å². The van der Waals surface area contributed by atoms with Crippen molar-refractivity contribution in [1.29, 1.82) is 0 Å². The second kappa shape index (κ2) is 8.16. The zero-order valence-electron chi connectivity index (χ0n) is 11.9. The number of hydrazine groups is 1. The van der Waals surface area contributed by atoms with Crippen LogP contribution in [0.2, 0.25) is 0 Å². The van der Waals surface area contributed by atoms with Gasteiger partial charge in [-0.1, -0.05) is 12.1 Å². The van der Waals surface area contributed by atoms with Crippen LogP contribution in [0, 0.1) is 6.92 Å². The van der Waals surface area contributed by atoms with Gasteiger partial charge in [-0.25, -0.2) is 0 Å². The maximum absolute atomic E-state index is 11.7. The number of carbonyl (C=O) groups excluding carboxylic acids is 2. The van der Waals surface area contributed by atoms with Crippen LogP contribution in [0.4, 0.5) is 0 Å². The van der Waals surface area contributed by atoms with Crippen molar-refractivity contribution in [3.63, 3.8) is 0 Å². The van der Waals surface area contributed by atoms with Gasteiger partial charge in [0.1, 0.15) is 12.4 Å². The third-order valence-corrected chi connectivity index (χ3v) is 2.43. The number of hydrogen-bond acceptors (Lipinski definition) is 4. The molecule has 0 radical (unpaired) electrons. The van der Waals surface area contributed by atoms with Crippen molar-refractivity contribution < 1.29 is 19.1 Å². The molecule has 2 N–H and O–H groups in total. The Bertz CT molecular complexity index is 462. The van der Waals surface area contributed by atoms with Gasteiger partial charge in [-0.2, -0.15) is 0 Å². The normalized spacial score (nSPS) is 11.6. The molecule has 0 heterocycles. The minimum Gasteiger partial charge on any atom is -0.481 e. The second-order valence-corrected chi connectivity index (χ2v) is 4.25. The van der Waals surface area contributed by atoms with Crippen LogP contribution in [0.25, 0.3) is 0 Å². The maximum atomic E-state index is 11.7. The summed E-state index contributed by atoms with van der Waals surface area (Å²) in [5, 5.41) is 0. The van der Waals surface area contributed by atoms with E-state index in [1.165, 1.54) is 0 Å². The molecule has 2 amide bonds. The number of rotatable bonds is 6. The van der Waals surface area contributed by atoms with E-state index in [0.29, 0.717) is 12.4 Å². The van der Waals surface area contributed by atoms with Gasteiger partial charge in [-0.15, -0.1) is 0 Å². The van der Waals surface area contributed by atoms with E-state index < -0.39 is 17.9 Å². The molecule has 0 aromatic heterocycles. The van der Waals surface area contributed by atoms with Crippen LogP contribution in [-0.4, -0.2) is 31.1 Å². The molecular formula is C14H20N2O4. The zero-order valence-corrected chi connectivity index (χ0v) is 11.9. The summed E-state index contributed by atoms with van der Waals surface area (Å²) in [6, 6.07) is 7.38. The van der Waals surface area contributed by atoms with Gasteiger partial charge in [0.15, 0.2) is 6.10 Å². The summed E-state index contributed by atoms with van der Waals surface area (Å²) in [5.41, 5.74) is 5.58. The molecule has 0 aliphatic carbocycles. The monoisotopic (exact) mass is 280 g/mol. The lowest BCUT2D eigenvalue weighted by atomic mass is 10.2. The topological polar surface area (TPSA) is 76.7 Å². The van der Waals surface area contributed by atoms with E-state index in [1.807, 2.05) is 25.1 Å². The molecule has 1 unspecified atom stereocenters. The van der Waals surface area contributed by atoms with Crippen molar-refractivity contribution in [3.05, 3.63) is 29.8 Å². The maximum Gasteiger partial charge on any atom is 0.279 e. The minimum atomic E-state index is -0.718. The lowest BCUT2D eigenvalue weighted by Crippen LogP contribution is -2.48. The summed E-state index contributed by atoms with van der Waals surface area (Å²) in [7, 11) is 0. The summed E-state index contributed by atoms with van der Waals surface area (Å²) in [6.45, 7) is 5.67. The van der Waals surface area contributed by atoms with E-state index in [4.69, 9.17) is 9.47 Å². The summed E-state index contributed by atoms with van der Waals surface area (Å²) >= 11 is 0. The fraction of sp³-hybridized carbons (Fsp3) is 0.429. The lowest BCUT2D eigenvalue weighted by Gasteiger charge is -2.15. The molecule has 0 fully saturated rings. The average Bonchev–Trinajstić information content (AvgIpc) is 2.42. The first-order chi connectivity index (χ1) is 9.52. The molecule has 1 rings (SSSR count). The second-order valence-electron chi connectivity index (χ2n) is 4.25. The van der Waals surface area contributed by atoms with Crippen LogP contribution < -0.4 is 15.6 Å². The Balaban J connectivity index is 2.37. The number of hydrogen-bond donors (Lipinski definition) is 2. The van der Waals surface area contributed by atoms with Gasteiger partial charge in [-0.05, 0) is 38.5 Å².